The normalized spacial score (nSPS) is 12.0. The molecule has 11 heteroatoms. The molecule has 1 heterocycles. The maximum Gasteiger partial charge on any atom is 0.446 e. The van der Waals surface area contributed by atoms with E-state index in [-0.39, 0.29) is 38.9 Å². The molecular weight excluding hydrogens is 473 g/mol. The van der Waals surface area contributed by atoms with Gasteiger partial charge in [0.05, 0.1) is 21.6 Å². The van der Waals surface area contributed by atoms with Gasteiger partial charge in [-0.25, -0.2) is 18.4 Å². The van der Waals surface area contributed by atoms with Crippen LogP contribution in [-0.2, 0) is 10.0 Å². The van der Waals surface area contributed by atoms with Crippen LogP contribution in [0.1, 0.15) is 5.56 Å². The lowest BCUT2D eigenvalue weighted by Gasteiger charge is -2.16. The van der Waals surface area contributed by atoms with Crippen molar-refractivity contribution >= 4 is 50.1 Å². The second-order valence-electron chi connectivity index (χ2n) is 7.00. The third-order valence-corrected chi connectivity index (χ3v) is 6.66. The average Bonchev–Trinajstić information content (AvgIpc) is 2.74. The Morgan fingerprint density at radius 3 is 2.03 bits per heavy atom. The number of alkyl halides is 3. The Morgan fingerprint density at radius 2 is 1.39 bits per heavy atom. The topological polar surface area (TPSA) is 84.0 Å². The summed E-state index contributed by atoms with van der Waals surface area (Å²) in [5.74, 6) is -0.166. The number of benzene rings is 3. The molecule has 4 aromatic rings. The van der Waals surface area contributed by atoms with Crippen molar-refractivity contribution in [2.45, 2.75) is 22.2 Å². The Balaban J connectivity index is 1.77. The molecule has 0 amide bonds. The van der Waals surface area contributed by atoms with Crippen LogP contribution in [0.2, 0.25) is 0 Å². The fourth-order valence-corrected chi connectivity index (χ4v) is 4.61. The minimum Gasteiger partial charge on any atom is -0.336 e. The maximum absolute atomic E-state index is 13.0. The van der Waals surface area contributed by atoms with E-state index in [1.165, 1.54) is 30.3 Å². The summed E-state index contributed by atoms with van der Waals surface area (Å²) in [5.41, 5.74) is -2.63. The van der Waals surface area contributed by atoms with Crippen LogP contribution < -0.4 is 10.0 Å². The Hall–Kier alpha value is -3.31. The Bertz CT molecular complexity index is 1410. The smallest absolute Gasteiger partial charge is 0.336 e. The Labute approximate surface area is 192 Å². The standard InChI is InChI=1S/C22H17F3N4O2S2/c1-14-10-12-15(13-11-14)33(30,31)29-21-20(26-16-6-2-3-7-17(16)27-21)28-18-8-4-5-9-19(18)32-22(23,24)25/h2-13H,1H3,(H,26,28)(H,27,29). The fraction of sp³-hybridized carbons (Fsp3) is 0.0909. The molecule has 1 aromatic heterocycles. The van der Waals surface area contributed by atoms with Crippen molar-refractivity contribution in [1.29, 1.82) is 0 Å². The van der Waals surface area contributed by atoms with Crippen LogP contribution in [0, 0.1) is 6.92 Å². The van der Waals surface area contributed by atoms with Gasteiger partial charge in [-0.15, -0.1) is 0 Å². The van der Waals surface area contributed by atoms with Crippen molar-refractivity contribution in [2.24, 2.45) is 0 Å². The highest BCUT2D eigenvalue weighted by atomic mass is 32.2. The van der Waals surface area contributed by atoms with Gasteiger partial charge in [0, 0.05) is 4.90 Å². The summed E-state index contributed by atoms with van der Waals surface area (Å²) in [7, 11) is -4.03. The van der Waals surface area contributed by atoms with Crippen molar-refractivity contribution in [2.75, 3.05) is 10.0 Å². The van der Waals surface area contributed by atoms with Crippen molar-refractivity contribution in [3.8, 4) is 0 Å². The number of aromatic nitrogens is 2. The zero-order valence-electron chi connectivity index (χ0n) is 17.1. The highest BCUT2D eigenvalue weighted by Gasteiger charge is 2.30. The number of aryl methyl sites for hydroxylation is 1. The Kier molecular flexibility index (Phi) is 6.17. The van der Waals surface area contributed by atoms with E-state index in [9.17, 15) is 21.6 Å². The van der Waals surface area contributed by atoms with Crippen LogP contribution in [0.25, 0.3) is 11.0 Å². The van der Waals surface area contributed by atoms with Gasteiger partial charge in [-0.1, -0.05) is 42.0 Å². The summed E-state index contributed by atoms with van der Waals surface area (Å²) < 4.78 is 67.3. The van der Waals surface area contributed by atoms with E-state index < -0.39 is 15.5 Å². The van der Waals surface area contributed by atoms with Gasteiger partial charge in [-0.3, -0.25) is 4.72 Å². The van der Waals surface area contributed by atoms with E-state index in [1.54, 1.807) is 42.5 Å². The van der Waals surface area contributed by atoms with Gasteiger partial charge in [0.15, 0.2) is 11.6 Å². The molecule has 6 nitrogen and oxygen atoms in total. The lowest BCUT2D eigenvalue weighted by molar-refractivity contribution is -0.0328. The Morgan fingerprint density at radius 1 is 0.818 bits per heavy atom. The number of anilines is 3. The van der Waals surface area contributed by atoms with Gasteiger partial charge >= 0.3 is 5.51 Å². The fourth-order valence-electron chi connectivity index (χ4n) is 2.97. The number of para-hydroxylation sites is 3. The average molecular weight is 491 g/mol. The molecular formula is C22H17F3N4O2S2. The number of hydrogen-bond donors (Lipinski definition) is 2. The monoisotopic (exact) mass is 490 g/mol. The summed E-state index contributed by atoms with van der Waals surface area (Å²) in [4.78, 5) is 8.69. The van der Waals surface area contributed by atoms with Crippen LogP contribution in [0.15, 0.2) is 82.6 Å². The van der Waals surface area contributed by atoms with Gasteiger partial charge < -0.3 is 5.32 Å². The van der Waals surface area contributed by atoms with Crippen molar-refractivity contribution in [1.82, 2.24) is 9.97 Å². The van der Waals surface area contributed by atoms with Gasteiger partial charge in [-0.05, 0) is 55.1 Å². The zero-order valence-corrected chi connectivity index (χ0v) is 18.7. The summed E-state index contributed by atoms with van der Waals surface area (Å²) in [6.45, 7) is 1.83. The summed E-state index contributed by atoms with van der Waals surface area (Å²) in [6.07, 6.45) is 0. The van der Waals surface area contributed by atoms with E-state index in [0.29, 0.717) is 11.0 Å². The van der Waals surface area contributed by atoms with Gasteiger partial charge in [0.25, 0.3) is 10.0 Å². The number of rotatable bonds is 6. The molecule has 0 atom stereocenters. The van der Waals surface area contributed by atoms with Crippen LogP contribution in [0.3, 0.4) is 0 Å². The molecule has 0 aliphatic rings. The molecule has 0 saturated heterocycles. The molecule has 2 N–H and O–H groups in total. The minimum atomic E-state index is -4.50. The number of nitrogens with zero attached hydrogens (tertiary/aromatic N) is 2. The number of hydrogen-bond acceptors (Lipinski definition) is 6. The quantitative estimate of drug-likeness (QED) is 0.318. The predicted octanol–water partition coefficient (Wildman–Crippen LogP) is 6.09. The molecule has 0 radical (unpaired) electrons. The van der Waals surface area contributed by atoms with E-state index in [4.69, 9.17) is 0 Å². The first-order valence-electron chi connectivity index (χ1n) is 9.59. The largest absolute Gasteiger partial charge is 0.446 e. The molecule has 0 unspecified atom stereocenters. The number of nitrogens with one attached hydrogen (secondary N) is 2. The molecule has 0 bridgehead atoms. The van der Waals surface area contributed by atoms with Crippen LogP contribution in [-0.4, -0.2) is 23.9 Å². The highest BCUT2D eigenvalue weighted by Crippen LogP contribution is 2.41. The third kappa shape index (κ3) is 5.55. The van der Waals surface area contributed by atoms with E-state index >= 15 is 0 Å². The lowest BCUT2D eigenvalue weighted by Crippen LogP contribution is -2.16. The van der Waals surface area contributed by atoms with E-state index in [1.807, 2.05) is 6.92 Å². The molecule has 4 rings (SSSR count). The predicted molar refractivity (Wildman–Crippen MR) is 123 cm³/mol. The number of sulfonamides is 1. The van der Waals surface area contributed by atoms with Gasteiger partial charge in [0.2, 0.25) is 0 Å². The summed E-state index contributed by atoms with van der Waals surface area (Å²) in [6, 6.07) is 18.8. The molecule has 0 spiro atoms. The van der Waals surface area contributed by atoms with E-state index in [0.717, 1.165) is 5.56 Å². The van der Waals surface area contributed by atoms with Gasteiger partial charge in [-0.2, -0.15) is 13.2 Å². The van der Waals surface area contributed by atoms with Crippen LogP contribution >= 0.6 is 11.8 Å². The number of thioether (sulfide) groups is 1. The molecule has 170 valence electrons. The molecule has 3 aromatic carbocycles. The highest BCUT2D eigenvalue weighted by molar-refractivity contribution is 8.00. The maximum atomic E-state index is 13.0. The van der Waals surface area contributed by atoms with Crippen molar-refractivity contribution in [3.63, 3.8) is 0 Å². The third-order valence-electron chi connectivity index (χ3n) is 4.50. The molecule has 33 heavy (non-hydrogen) atoms. The van der Waals surface area contributed by atoms with E-state index in [2.05, 4.69) is 20.0 Å². The van der Waals surface area contributed by atoms with Crippen LogP contribution in [0.4, 0.5) is 30.5 Å². The lowest BCUT2D eigenvalue weighted by atomic mass is 10.2. The first-order chi connectivity index (χ1) is 15.6. The SMILES string of the molecule is Cc1ccc(S(=O)(=O)Nc2nc3ccccc3nc2Nc2ccccc2SC(F)(F)F)cc1. The second kappa shape index (κ2) is 8.91. The number of fused-ring (bicyclic) bond motifs is 1. The van der Waals surface area contributed by atoms with Crippen LogP contribution in [0.5, 0.6) is 0 Å². The van der Waals surface area contributed by atoms with Crippen molar-refractivity contribution < 1.29 is 21.6 Å². The molecule has 0 aliphatic heterocycles. The first-order valence-corrected chi connectivity index (χ1v) is 11.9. The summed E-state index contributed by atoms with van der Waals surface area (Å²) in [5, 5.41) is 2.82. The second-order valence-corrected chi connectivity index (χ2v) is 9.79. The molecule has 0 fully saturated rings. The summed E-state index contributed by atoms with van der Waals surface area (Å²) >= 11 is -0.282. The minimum absolute atomic E-state index is 0.0158. The number of halogens is 3. The molecule has 0 aliphatic carbocycles. The van der Waals surface area contributed by atoms with Gasteiger partial charge in [0.1, 0.15) is 0 Å². The first kappa shape index (κ1) is 22.9. The molecule has 0 saturated carbocycles. The van der Waals surface area contributed by atoms with Crippen molar-refractivity contribution in [3.05, 3.63) is 78.4 Å². The zero-order chi connectivity index (χ0) is 23.6.